The van der Waals surface area contributed by atoms with E-state index in [1.807, 2.05) is 0 Å². The minimum absolute atomic E-state index is 0.0255. The van der Waals surface area contributed by atoms with Crippen molar-refractivity contribution in [2.45, 2.75) is 70.3 Å². The van der Waals surface area contributed by atoms with Crippen LogP contribution in [0.5, 0.6) is 0 Å². The van der Waals surface area contributed by atoms with Gasteiger partial charge in [0.05, 0.1) is 0 Å². The van der Waals surface area contributed by atoms with Gasteiger partial charge in [0.15, 0.2) is 0 Å². The monoisotopic (exact) mass is 266 g/mol. The van der Waals surface area contributed by atoms with E-state index in [-0.39, 0.29) is 17.9 Å². The first-order valence-corrected chi connectivity index (χ1v) is 7.83. The smallest absolute Gasteiger partial charge is 0.244 e. The van der Waals surface area contributed by atoms with Gasteiger partial charge in [0, 0.05) is 13.0 Å². The Hall–Kier alpha value is -1.06. The van der Waals surface area contributed by atoms with Crippen molar-refractivity contribution in [1.82, 2.24) is 10.6 Å². The molecule has 2 fully saturated rings. The van der Waals surface area contributed by atoms with Crippen molar-refractivity contribution in [3.63, 3.8) is 0 Å². The van der Waals surface area contributed by atoms with Gasteiger partial charge in [-0.15, -0.1) is 0 Å². The van der Waals surface area contributed by atoms with Crippen LogP contribution in [-0.2, 0) is 9.59 Å². The zero-order chi connectivity index (χ0) is 13.5. The molecule has 1 aliphatic carbocycles. The van der Waals surface area contributed by atoms with Crippen molar-refractivity contribution >= 4 is 11.8 Å². The fourth-order valence-electron chi connectivity index (χ4n) is 3.04. The van der Waals surface area contributed by atoms with Crippen LogP contribution in [0.4, 0.5) is 0 Å². The molecule has 0 unspecified atom stereocenters. The Kier molecular flexibility index (Phi) is 5.67. The summed E-state index contributed by atoms with van der Waals surface area (Å²) < 4.78 is 0. The highest BCUT2D eigenvalue weighted by atomic mass is 16.2. The molecule has 1 saturated heterocycles. The van der Waals surface area contributed by atoms with E-state index in [1.165, 1.54) is 44.9 Å². The lowest BCUT2D eigenvalue weighted by Gasteiger charge is -2.26. The lowest BCUT2D eigenvalue weighted by molar-refractivity contribution is -0.133. The highest BCUT2D eigenvalue weighted by molar-refractivity contribution is 5.92. The van der Waals surface area contributed by atoms with E-state index in [2.05, 4.69) is 10.6 Å². The van der Waals surface area contributed by atoms with Gasteiger partial charge in [-0.25, -0.2) is 0 Å². The molecular formula is C15H26N2O2. The zero-order valence-electron chi connectivity index (χ0n) is 11.7. The van der Waals surface area contributed by atoms with Gasteiger partial charge in [-0.2, -0.15) is 0 Å². The highest BCUT2D eigenvalue weighted by Gasteiger charge is 2.28. The van der Waals surface area contributed by atoms with E-state index >= 15 is 0 Å². The lowest BCUT2D eigenvalue weighted by Crippen LogP contribution is -2.61. The van der Waals surface area contributed by atoms with E-state index in [0.29, 0.717) is 13.0 Å². The minimum atomic E-state index is -0.269. The molecule has 4 nitrogen and oxygen atoms in total. The molecule has 0 aromatic carbocycles. The molecule has 1 aliphatic heterocycles. The summed E-state index contributed by atoms with van der Waals surface area (Å²) in [6.45, 7) is 0.590. The average Bonchev–Trinajstić information content (AvgIpc) is 2.44. The third kappa shape index (κ3) is 4.84. The molecule has 1 saturated carbocycles. The molecule has 108 valence electrons. The first kappa shape index (κ1) is 14.4. The Morgan fingerprint density at radius 2 is 1.95 bits per heavy atom. The van der Waals surface area contributed by atoms with Crippen molar-refractivity contribution < 1.29 is 9.59 Å². The van der Waals surface area contributed by atoms with Gasteiger partial charge >= 0.3 is 0 Å². The molecule has 0 radical (unpaired) electrons. The van der Waals surface area contributed by atoms with Gasteiger partial charge in [-0.3, -0.25) is 9.59 Å². The molecule has 0 bridgehead atoms. The summed E-state index contributed by atoms with van der Waals surface area (Å²) in [6.07, 6.45) is 12.3. The Morgan fingerprint density at radius 1 is 1.16 bits per heavy atom. The predicted octanol–water partition coefficient (Wildman–Crippen LogP) is 2.13. The number of amides is 2. The topological polar surface area (TPSA) is 58.2 Å². The molecule has 1 heterocycles. The van der Waals surface area contributed by atoms with Crippen LogP contribution in [0.25, 0.3) is 0 Å². The second-order valence-electron chi connectivity index (χ2n) is 5.97. The van der Waals surface area contributed by atoms with E-state index in [0.717, 1.165) is 18.8 Å². The standard InChI is InChI=1S/C15H26N2O2/c18-14(17-13-11-16-15(13)19)10-6-2-5-9-12-7-3-1-4-8-12/h12-13H,1-11H2,(H,16,19)(H,17,18)/t13-/m0/s1. The van der Waals surface area contributed by atoms with Gasteiger partial charge in [0.1, 0.15) is 6.04 Å². The largest absolute Gasteiger partial charge is 0.352 e. The van der Waals surface area contributed by atoms with Gasteiger partial charge in [-0.1, -0.05) is 51.4 Å². The number of unbranched alkanes of at least 4 members (excludes halogenated alkanes) is 2. The molecule has 2 N–H and O–H groups in total. The predicted molar refractivity (Wildman–Crippen MR) is 74.6 cm³/mol. The van der Waals surface area contributed by atoms with Crippen LogP contribution in [0.1, 0.15) is 64.2 Å². The summed E-state index contributed by atoms with van der Waals surface area (Å²) in [7, 11) is 0. The zero-order valence-corrected chi connectivity index (χ0v) is 11.7. The second kappa shape index (κ2) is 7.51. The number of carbonyl (C=O) groups excluding carboxylic acids is 2. The molecule has 0 aromatic rings. The quantitative estimate of drug-likeness (QED) is 0.548. The molecule has 0 aromatic heterocycles. The Labute approximate surface area is 115 Å². The number of hydrogen-bond donors (Lipinski definition) is 2. The van der Waals surface area contributed by atoms with Gasteiger partial charge in [-0.05, 0) is 12.3 Å². The number of β-lactam (4-membered cyclic amide) rings is 1. The molecule has 2 rings (SSSR count). The van der Waals surface area contributed by atoms with E-state index < -0.39 is 0 Å². The van der Waals surface area contributed by atoms with Crippen LogP contribution in [0, 0.1) is 5.92 Å². The summed E-state index contributed by atoms with van der Waals surface area (Å²) in [4.78, 5) is 22.6. The maximum atomic E-state index is 11.6. The summed E-state index contributed by atoms with van der Waals surface area (Å²) in [5.74, 6) is 0.921. The fraction of sp³-hybridized carbons (Fsp3) is 0.867. The molecule has 4 heteroatoms. The number of carbonyl (C=O) groups is 2. The van der Waals surface area contributed by atoms with Gasteiger partial charge in [0.25, 0.3) is 0 Å². The Balaban J connectivity index is 1.44. The molecule has 19 heavy (non-hydrogen) atoms. The average molecular weight is 266 g/mol. The normalized spacial score (nSPS) is 23.6. The van der Waals surface area contributed by atoms with Crippen molar-refractivity contribution in [2.24, 2.45) is 5.92 Å². The van der Waals surface area contributed by atoms with Crippen molar-refractivity contribution in [1.29, 1.82) is 0 Å². The summed E-state index contributed by atoms with van der Waals surface area (Å²) in [5, 5.41) is 5.38. The summed E-state index contributed by atoms with van der Waals surface area (Å²) in [5.41, 5.74) is 0. The molecule has 2 amide bonds. The molecule has 1 atom stereocenters. The first-order chi connectivity index (χ1) is 9.25. The lowest BCUT2D eigenvalue weighted by atomic mass is 9.85. The minimum Gasteiger partial charge on any atom is -0.352 e. The number of hydrogen-bond acceptors (Lipinski definition) is 2. The van der Waals surface area contributed by atoms with Crippen LogP contribution in [0.3, 0.4) is 0 Å². The van der Waals surface area contributed by atoms with Gasteiger partial charge in [0.2, 0.25) is 11.8 Å². The van der Waals surface area contributed by atoms with Crippen LogP contribution >= 0.6 is 0 Å². The maximum absolute atomic E-state index is 11.6. The van der Waals surface area contributed by atoms with Crippen molar-refractivity contribution in [3.8, 4) is 0 Å². The van der Waals surface area contributed by atoms with E-state index in [4.69, 9.17) is 0 Å². The second-order valence-corrected chi connectivity index (χ2v) is 5.97. The fourth-order valence-corrected chi connectivity index (χ4v) is 3.04. The Bertz CT molecular complexity index is 311. The van der Waals surface area contributed by atoms with Crippen LogP contribution in [0.15, 0.2) is 0 Å². The third-order valence-corrected chi connectivity index (χ3v) is 4.37. The van der Waals surface area contributed by atoms with E-state index in [9.17, 15) is 9.59 Å². The van der Waals surface area contributed by atoms with Crippen LogP contribution < -0.4 is 10.6 Å². The first-order valence-electron chi connectivity index (χ1n) is 7.83. The Morgan fingerprint density at radius 3 is 2.58 bits per heavy atom. The molecule has 2 aliphatic rings. The van der Waals surface area contributed by atoms with Crippen LogP contribution in [0.2, 0.25) is 0 Å². The van der Waals surface area contributed by atoms with Gasteiger partial charge < -0.3 is 10.6 Å². The van der Waals surface area contributed by atoms with Crippen molar-refractivity contribution in [2.75, 3.05) is 6.54 Å². The summed E-state index contributed by atoms with van der Waals surface area (Å²) in [6, 6.07) is -0.269. The SMILES string of the molecule is O=C(CCCCCC1CCCCC1)N[C@H]1CNC1=O. The number of rotatable bonds is 7. The number of nitrogens with one attached hydrogen (secondary N) is 2. The van der Waals surface area contributed by atoms with E-state index in [1.54, 1.807) is 0 Å². The maximum Gasteiger partial charge on any atom is 0.244 e. The highest BCUT2D eigenvalue weighted by Crippen LogP contribution is 2.27. The molecule has 0 spiro atoms. The summed E-state index contributed by atoms with van der Waals surface area (Å²) >= 11 is 0. The van der Waals surface area contributed by atoms with Crippen LogP contribution in [-0.4, -0.2) is 24.4 Å². The molecular weight excluding hydrogens is 240 g/mol. The van der Waals surface area contributed by atoms with Crippen molar-refractivity contribution in [3.05, 3.63) is 0 Å². The third-order valence-electron chi connectivity index (χ3n) is 4.37.